The number of nitro benzene ring substituents is 1. The summed E-state index contributed by atoms with van der Waals surface area (Å²) < 4.78 is 6.96. The lowest BCUT2D eigenvalue weighted by molar-refractivity contribution is -0.384. The summed E-state index contributed by atoms with van der Waals surface area (Å²) in [6.07, 6.45) is 0.644. The lowest BCUT2D eigenvalue weighted by Gasteiger charge is -2.15. The summed E-state index contributed by atoms with van der Waals surface area (Å²) >= 11 is 0. The first-order chi connectivity index (χ1) is 9.59. The number of rotatable bonds is 2. The zero-order valence-electron chi connectivity index (χ0n) is 11.0. The maximum atomic E-state index is 11.2. The highest BCUT2D eigenvalue weighted by atomic mass is 16.6. The van der Waals surface area contributed by atoms with Gasteiger partial charge >= 0.3 is 0 Å². The first-order valence-electron chi connectivity index (χ1n) is 6.28. The molecule has 1 aliphatic heterocycles. The summed E-state index contributed by atoms with van der Waals surface area (Å²) in [5.41, 5.74) is 8.91. The second-order valence-electron chi connectivity index (χ2n) is 4.72. The molecule has 0 spiro atoms. The minimum absolute atomic E-state index is 0.0294. The van der Waals surface area contributed by atoms with Crippen molar-refractivity contribution < 1.29 is 9.66 Å². The van der Waals surface area contributed by atoms with Crippen LogP contribution in [0.3, 0.4) is 0 Å². The van der Waals surface area contributed by atoms with E-state index in [4.69, 9.17) is 10.5 Å². The van der Waals surface area contributed by atoms with Crippen LogP contribution in [0.4, 0.5) is 11.5 Å². The number of anilines is 1. The molecule has 0 bridgehead atoms. The van der Waals surface area contributed by atoms with Crippen molar-refractivity contribution >= 4 is 11.5 Å². The minimum atomic E-state index is -0.397. The van der Waals surface area contributed by atoms with Crippen LogP contribution >= 0.6 is 0 Å². The van der Waals surface area contributed by atoms with E-state index in [0.29, 0.717) is 31.1 Å². The molecule has 0 aliphatic carbocycles. The van der Waals surface area contributed by atoms with Crippen LogP contribution in [0, 0.1) is 17.0 Å². The van der Waals surface area contributed by atoms with E-state index in [2.05, 4.69) is 5.10 Å². The van der Waals surface area contributed by atoms with E-state index >= 15 is 0 Å². The molecular formula is C13H14N4O3. The smallest absolute Gasteiger partial charge is 0.295 e. The van der Waals surface area contributed by atoms with Crippen LogP contribution in [0.2, 0.25) is 0 Å². The van der Waals surface area contributed by atoms with Gasteiger partial charge in [0.15, 0.2) is 5.82 Å². The maximum absolute atomic E-state index is 11.2. The molecule has 2 aromatic rings. The largest absolute Gasteiger partial charge is 0.382 e. The summed E-state index contributed by atoms with van der Waals surface area (Å²) in [5.74, 6) is 0.372. The third-order valence-corrected chi connectivity index (χ3v) is 3.48. The number of benzene rings is 1. The predicted molar refractivity (Wildman–Crippen MR) is 72.7 cm³/mol. The van der Waals surface area contributed by atoms with E-state index in [9.17, 15) is 10.1 Å². The number of aryl methyl sites for hydroxylation is 1. The number of nitrogen functional groups attached to an aromatic ring is 1. The number of nitro groups is 1. The van der Waals surface area contributed by atoms with E-state index in [-0.39, 0.29) is 5.69 Å². The zero-order chi connectivity index (χ0) is 14.3. The zero-order valence-corrected chi connectivity index (χ0v) is 11.0. The van der Waals surface area contributed by atoms with Gasteiger partial charge in [0.2, 0.25) is 0 Å². The Morgan fingerprint density at radius 1 is 1.50 bits per heavy atom. The van der Waals surface area contributed by atoms with Gasteiger partial charge in [0.1, 0.15) is 5.69 Å². The molecule has 0 atom stereocenters. The van der Waals surface area contributed by atoms with E-state index < -0.39 is 4.92 Å². The molecule has 2 heterocycles. The third-order valence-electron chi connectivity index (χ3n) is 3.48. The Bertz CT molecular complexity index is 693. The lowest BCUT2D eigenvalue weighted by Crippen LogP contribution is -2.14. The Morgan fingerprint density at radius 2 is 2.30 bits per heavy atom. The van der Waals surface area contributed by atoms with Gasteiger partial charge in [0.05, 0.1) is 23.8 Å². The number of aromatic nitrogens is 2. The van der Waals surface area contributed by atoms with Crippen LogP contribution in [0.15, 0.2) is 18.2 Å². The van der Waals surface area contributed by atoms with Gasteiger partial charge in [0, 0.05) is 18.1 Å². The van der Waals surface area contributed by atoms with E-state index in [1.54, 1.807) is 10.7 Å². The van der Waals surface area contributed by atoms with Gasteiger partial charge in [-0.25, -0.2) is 4.68 Å². The third kappa shape index (κ3) is 1.83. The predicted octanol–water partition coefficient (Wildman–Crippen LogP) is 1.74. The quantitative estimate of drug-likeness (QED) is 0.664. The van der Waals surface area contributed by atoms with Gasteiger partial charge in [-0.05, 0) is 12.5 Å². The average molecular weight is 274 g/mol. The maximum Gasteiger partial charge on any atom is 0.295 e. The van der Waals surface area contributed by atoms with Crippen LogP contribution in [0.25, 0.3) is 5.69 Å². The van der Waals surface area contributed by atoms with Crippen LogP contribution in [0.1, 0.15) is 16.8 Å². The normalized spacial score (nSPS) is 14.1. The van der Waals surface area contributed by atoms with Crippen LogP contribution < -0.4 is 5.73 Å². The number of nitrogens with zero attached hydrogens (tertiary/aromatic N) is 3. The Kier molecular flexibility index (Phi) is 2.90. The molecule has 104 valence electrons. The topological polar surface area (TPSA) is 96.2 Å². The molecule has 3 rings (SSSR count). The van der Waals surface area contributed by atoms with Crippen LogP contribution in [0.5, 0.6) is 0 Å². The molecule has 1 aromatic carbocycles. The molecule has 0 saturated heterocycles. The van der Waals surface area contributed by atoms with Gasteiger partial charge in [-0.1, -0.05) is 12.1 Å². The van der Waals surface area contributed by atoms with Gasteiger partial charge in [-0.15, -0.1) is 5.10 Å². The molecule has 20 heavy (non-hydrogen) atoms. The summed E-state index contributed by atoms with van der Waals surface area (Å²) in [7, 11) is 0. The highest BCUT2D eigenvalue weighted by Gasteiger charge is 2.25. The van der Waals surface area contributed by atoms with E-state index in [1.807, 2.05) is 13.0 Å². The summed E-state index contributed by atoms with van der Waals surface area (Å²) in [5, 5.41) is 15.5. The van der Waals surface area contributed by atoms with Crippen LogP contribution in [-0.4, -0.2) is 21.3 Å². The van der Waals surface area contributed by atoms with Gasteiger partial charge in [-0.2, -0.15) is 0 Å². The highest BCUT2D eigenvalue weighted by Crippen LogP contribution is 2.31. The van der Waals surface area contributed by atoms with Crippen molar-refractivity contribution in [2.24, 2.45) is 0 Å². The molecule has 0 amide bonds. The summed E-state index contributed by atoms with van der Waals surface area (Å²) in [6.45, 7) is 2.80. The van der Waals surface area contributed by atoms with Crippen molar-refractivity contribution in [3.8, 4) is 5.69 Å². The number of fused-ring (bicyclic) bond motifs is 1. The molecule has 7 nitrogen and oxygen atoms in total. The van der Waals surface area contributed by atoms with Crippen molar-refractivity contribution in [3.05, 3.63) is 45.1 Å². The highest BCUT2D eigenvalue weighted by molar-refractivity contribution is 5.59. The average Bonchev–Trinajstić information content (AvgIpc) is 2.76. The minimum Gasteiger partial charge on any atom is -0.382 e. The van der Waals surface area contributed by atoms with Crippen molar-refractivity contribution in [3.63, 3.8) is 0 Å². The molecule has 7 heteroatoms. The van der Waals surface area contributed by atoms with Gasteiger partial charge in [0.25, 0.3) is 5.69 Å². The molecule has 1 aliphatic rings. The Balaban J connectivity index is 2.27. The summed E-state index contributed by atoms with van der Waals surface area (Å²) in [6, 6.07) is 4.97. The second-order valence-corrected chi connectivity index (χ2v) is 4.72. The lowest BCUT2D eigenvalue weighted by atomic mass is 10.1. The molecule has 0 unspecified atom stereocenters. The van der Waals surface area contributed by atoms with E-state index in [0.717, 1.165) is 16.8 Å². The van der Waals surface area contributed by atoms with Crippen molar-refractivity contribution in [1.82, 2.24) is 9.78 Å². The Labute approximate surface area is 115 Å². The van der Waals surface area contributed by atoms with Crippen molar-refractivity contribution in [2.45, 2.75) is 20.0 Å². The van der Waals surface area contributed by atoms with Gasteiger partial charge < -0.3 is 10.5 Å². The molecule has 0 radical (unpaired) electrons. The molecular weight excluding hydrogens is 260 g/mol. The molecule has 0 saturated carbocycles. The standard InChI is InChI=1S/C13H14N4O3/c1-8-3-2-4-11(17(18)19)12(8)16-10-5-6-20-7-9(10)13(14)15-16/h2-4H,5-7H2,1H3,(H2,14,15). The number of nitrogens with two attached hydrogens (primary N) is 1. The second kappa shape index (κ2) is 4.61. The molecule has 0 fully saturated rings. The number of hydrogen-bond donors (Lipinski definition) is 1. The van der Waals surface area contributed by atoms with Crippen molar-refractivity contribution in [1.29, 1.82) is 0 Å². The molecule has 2 N–H and O–H groups in total. The first kappa shape index (κ1) is 12.6. The van der Waals surface area contributed by atoms with Crippen molar-refractivity contribution in [2.75, 3.05) is 12.3 Å². The fourth-order valence-electron chi connectivity index (χ4n) is 2.51. The Hall–Kier alpha value is -2.41. The fraction of sp³-hybridized carbons (Fsp3) is 0.308. The number of para-hydroxylation sites is 1. The van der Waals surface area contributed by atoms with E-state index in [1.165, 1.54) is 6.07 Å². The van der Waals surface area contributed by atoms with Gasteiger partial charge in [-0.3, -0.25) is 10.1 Å². The monoisotopic (exact) mass is 274 g/mol. The number of ether oxygens (including phenoxy) is 1. The number of hydrogen-bond acceptors (Lipinski definition) is 5. The van der Waals surface area contributed by atoms with Crippen LogP contribution in [-0.2, 0) is 17.8 Å². The Morgan fingerprint density at radius 3 is 3.05 bits per heavy atom. The SMILES string of the molecule is Cc1cccc([N+](=O)[O-])c1-n1nc(N)c2c1CCOC2. The molecule has 1 aromatic heterocycles. The summed E-state index contributed by atoms with van der Waals surface area (Å²) in [4.78, 5) is 10.8. The first-order valence-corrected chi connectivity index (χ1v) is 6.28. The fourth-order valence-corrected chi connectivity index (χ4v) is 2.51.